The first kappa shape index (κ1) is 8.67. The third kappa shape index (κ3) is 1.79. The van der Waals surface area contributed by atoms with E-state index in [-0.39, 0.29) is 0 Å². The van der Waals surface area contributed by atoms with Gasteiger partial charge in [-0.15, -0.1) is 0 Å². The van der Waals surface area contributed by atoms with Gasteiger partial charge in [0.25, 0.3) is 0 Å². The molecule has 0 unspecified atom stereocenters. The average Bonchev–Trinajstić information content (AvgIpc) is 2.08. The highest BCUT2D eigenvalue weighted by atomic mass is 14.8. The largest absolute Gasteiger partial charge is 0.342 e. The fourth-order valence-electron chi connectivity index (χ4n) is 1.15. The summed E-state index contributed by atoms with van der Waals surface area (Å²) < 4.78 is 0. The fourth-order valence-corrected chi connectivity index (χ4v) is 1.15. The molecule has 1 aromatic carbocycles. The fraction of sp³-hybridized carbons (Fsp3) is 0.273. The van der Waals surface area contributed by atoms with Gasteiger partial charge < -0.3 is 5.32 Å². The minimum absolute atomic E-state index is 0.754. The highest BCUT2D eigenvalue weighted by Gasteiger charge is 1.97. The Bertz CT molecular complexity index is 307. The standard InChI is InChI=1S/C11H13N/c1-4-12-8-11-7-5-6-9(2)10(11)3/h1,5-7,12H,8H2,2-3H3. The molecule has 1 aromatic rings. The van der Waals surface area contributed by atoms with Gasteiger partial charge in [0.15, 0.2) is 0 Å². The van der Waals surface area contributed by atoms with Crippen LogP contribution in [0.1, 0.15) is 16.7 Å². The van der Waals surface area contributed by atoms with Crippen LogP contribution >= 0.6 is 0 Å². The van der Waals surface area contributed by atoms with Gasteiger partial charge >= 0.3 is 0 Å². The molecular weight excluding hydrogens is 146 g/mol. The minimum atomic E-state index is 0.754. The molecular formula is C11H13N. The van der Waals surface area contributed by atoms with E-state index in [1.807, 2.05) is 0 Å². The van der Waals surface area contributed by atoms with Crippen molar-refractivity contribution in [3.05, 3.63) is 34.9 Å². The predicted molar refractivity (Wildman–Crippen MR) is 51.6 cm³/mol. The molecule has 0 spiro atoms. The maximum Gasteiger partial charge on any atom is 0.0482 e. The first-order chi connectivity index (χ1) is 5.75. The first-order valence-electron chi connectivity index (χ1n) is 3.99. The summed E-state index contributed by atoms with van der Waals surface area (Å²) in [5, 5.41) is 2.86. The van der Waals surface area contributed by atoms with Crippen LogP contribution in [0.2, 0.25) is 0 Å². The van der Waals surface area contributed by atoms with Crippen molar-refractivity contribution in [1.82, 2.24) is 5.32 Å². The Kier molecular flexibility index (Phi) is 2.76. The zero-order valence-electron chi connectivity index (χ0n) is 7.52. The van der Waals surface area contributed by atoms with E-state index in [9.17, 15) is 0 Å². The molecule has 0 aromatic heterocycles. The average molecular weight is 159 g/mol. The van der Waals surface area contributed by atoms with Crippen molar-refractivity contribution < 1.29 is 0 Å². The molecule has 1 N–H and O–H groups in total. The van der Waals surface area contributed by atoms with E-state index in [4.69, 9.17) is 6.42 Å². The third-order valence-electron chi connectivity index (χ3n) is 2.10. The van der Waals surface area contributed by atoms with Crippen LogP contribution in [0, 0.1) is 26.3 Å². The van der Waals surface area contributed by atoms with E-state index in [0.29, 0.717) is 0 Å². The van der Waals surface area contributed by atoms with Crippen LogP contribution in [0.4, 0.5) is 0 Å². The second kappa shape index (κ2) is 3.82. The Labute approximate surface area is 73.8 Å². The van der Waals surface area contributed by atoms with Gasteiger partial charge in [-0.1, -0.05) is 24.6 Å². The number of terminal acetylenes is 1. The minimum Gasteiger partial charge on any atom is -0.342 e. The van der Waals surface area contributed by atoms with Crippen LogP contribution in [-0.4, -0.2) is 0 Å². The van der Waals surface area contributed by atoms with E-state index in [2.05, 4.69) is 43.4 Å². The molecule has 0 amide bonds. The van der Waals surface area contributed by atoms with E-state index in [0.717, 1.165) is 6.54 Å². The third-order valence-corrected chi connectivity index (χ3v) is 2.10. The summed E-state index contributed by atoms with van der Waals surface area (Å²) in [5.74, 6) is 0. The van der Waals surface area contributed by atoms with Gasteiger partial charge in [0.05, 0.1) is 0 Å². The van der Waals surface area contributed by atoms with Gasteiger partial charge in [-0.05, 0) is 30.5 Å². The molecule has 0 aliphatic carbocycles. The molecule has 12 heavy (non-hydrogen) atoms. The van der Waals surface area contributed by atoms with Crippen LogP contribution in [0.25, 0.3) is 0 Å². The zero-order chi connectivity index (χ0) is 8.97. The van der Waals surface area contributed by atoms with Crippen molar-refractivity contribution in [2.24, 2.45) is 0 Å². The molecule has 62 valence electrons. The van der Waals surface area contributed by atoms with Crippen LogP contribution < -0.4 is 5.32 Å². The first-order valence-corrected chi connectivity index (χ1v) is 3.99. The smallest absolute Gasteiger partial charge is 0.0482 e. The van der Waals surface area contributed by atoms with Crippen LogP contribution in [-0.2, 0) is 6.54 Å². The Hall–Kier alpha value is -1.42. The highest BCUT2D eigenvalue weighted by molar-refractivity contribution is 5.33. The van der Waals surface area contributed by atoms with Gasteiger partial charge in [-0.2, -0.15) is 0 Å². The maximum absolute atomic E-state index is 5.10. The van der Waals surface area contributed by atoms with Crippen molar-refractivity contribution in [1.29, 1.82) is 0 Å². The molecule has 0 aliphatic rings. The van der Waals surface area contributed by atoms with Gasteiger partial charge in [0, 0.05) is 12.6 Å². The lowest BCUT2D eigenvalue weighted by atomic mass is 10.0. The summed E-state index contributed by atoms with van der Waals surface area (Å²) in [5.41, 5.74) is 3.90. The molecule has 0 heterocycles. The van der Waals surface area contributed by atoms with E-state index in [1.54, 1.807) is 0 Å². The van der Waals surface area contributed by atoms with E-state index >= 15 is 0 Å². The molecule has 1 heteroatoms. The molecule has 0 fully saturated rings. The second-order valence-electron chi connectivity index (χ2n) is 2.86. The van der Waals surface area contributed by atoms with E-state index in [1.165, 1.54) is 16.7 Å². The Morgan fingerprint density at radius 1 is 1.42 bits per heavy atom. The summed E-state index contributed by atoms with van der Waals surface area (Å²) in [6.07, 6.45) is 5.10. The highest BCUT2D eigenvalue weighted by Crippen LogP contribution is 2.11. The topological polar surface area (TPSA) is 12.0 Å². The predicted octanol–water partition coefficient (Wildman–Crippen LogP) is 1.98. The van der Waals surface area contributed by atoms with Gasteiger partial charge in [-0.3, -0.25) is 0 Å². The van der Waals surface area contributed by atoms with Crippen LogP contribution in [0.3, 0.4) is 0 Å². The summed E-state index contributed by atoms with van der Waals surface area (Å²) in [6.45, 7) is 4.97. The Morgan fingerprint density at radius 2 is 2.17 bits per heavy atom. The number of hydrogen-bond acceptors (Lipinski definition) is 1. The normalized spacial score (nSPS) is 9.08. The van der Waals surface area contributed by atoms with Crippen molar-refractivity contribution in [2.75, 3.05) is 0 Å². The van der Waals surface area contributed by atoms with Gasteiger partial charge in [-0.25, -0.2) is 0 Å². The quantitative estimate of drug-likeness (QED) is 0.514. The molecule has 1 nitrogen and oxygen atoms in total. The Morgan fingerprint density at radius 3 is 2.83 bits per heavy atom. The Balaban J connectivity index is 2.86. The molecule has 0 radical (unpaired) electrons. The summed E-state index contributed by atoms with van der Waals surface area (Å²) in [7, 11) is 0. The maximum atomic E-state index is 5.10. The van der Waals surface area contributed by atoms with Gasteiger partial charge in [0.2, 0.25) is 0 Å². The number of benzene rings is 1. The SMILES string of the molecule is C#CNCc1cccc(C)c1C. The molecule has 0 atom stereocenters. The van der Waals surface area contributed by atoms with Gasteiger partial charge in [0.1, 0.15) is 0 Å². The van der Waals surface area contributed by atoms with Crippen molar-refractivity contribution in [2.45, 2.75) is 20.4 Å². The molecule has 0 saturated heterocycles. The van der Waals surface area contributed by atoms with Crippen molar-refractivity contribution in [3.8, 4) is 12.5 Å². The second-order valence-corrected chi connectivity index (χ2v) is 2.86. The summed E-state index contributed by atoms with van der Waals surface area (Å²) >= 11 is 0. The monoisotopic (exact) mass is 159 g/mol. The van der Waals surface area contributed by atoms with Crippen LogP contribution in [0.5, 0.6) is 0 Å². The summed E-state index contributed by atoms with van der Waals surface area (Å²) in [4.78, 5) is 0. The van der Waals surface area contributed by atoms with Crippen LogP contribution in [0.15, 0.2) is 18.2 Å². The van der Waals surface area contributed by atoms with Crippen molar-refractivity contribution >= 4 is 0 Å². The number of aryl methyl sites for hydroxylation is 1. The summed E-state index contributed by atoms with van der Waals surface area (Å²) in [6, 6.07) is 8.66. The molecule has 0 saturated carbocycles. The van der Waals surface area contributed by atoms with Crippen molar-refractivity contribution in [3.63, 3.8) is 0 Å². The number of hydrogen-bond donors (Lipinski definition) is 1. The number of rotatable bonds is 2. The number of nitrogens with one attached hydrogen (secondary N) is 1. The lowest BCUT2D eigenvalue weighted by molar-refractivity contribution is 0.889. The molecule has 0 bridgehead atoms. The molecule has 0 aliphatic heterocycles. The molecule has 1 rings (SSSR count). The lowest BCUT2D eigenvalue weighted by Gasteiger charge is -2.06. The zero-order valence-corrected chi connectivity index (χ0v) is 7.52. The lowest BCUT2D eigenvalue weighted by Crippen LogP contribution is -2.06. The van der Waals surface area contributed by atoms with E-state index < -0.39 is 0 Å².